The highest BCUT2D eigenvalue weighted by Crippen LogP contribution is 2.31. The molecule has 0 spiro atoms. The minimum absolute atomic E-state index is 0.0363. The highest BCUT2D eigenvalue weighted by molar-refractivity contribution is 8.14. The molecule has 1 saturated heterocycles. The number of ether oxygens (including phenoxy) is 1. The Kier molecular flexibility index (Phi) is 7.63. The summed E-state index contributed by atoms with van der Waals surface area (Å²) in [5, 5.41) is 10.4. The second-order valence-electron chi connectivity index (χ2n) is 7.36. The Morgan fingerprint density at radius 3 is 2.86 bits per heavy atom. The lowest BCUT2D eigenvalue weighted by Gasteiger charge is -2.22. The number of thioether (sulfide) groups is 1. The van der Waals surface area contributed by atoms with Gasteiger partial charge in [-0.15, -0.1) is 0 Å². The minimum atomic E-state index is -1.88. The van der Waals surface area contributed by atoms with Gasteiger partial charge in [0.25, 0.3) is 5.56 Å². The molecule has 3 rings (SSSR count). The van der Waals surface area contributed by atoms with Crippen molar-refractivity contribution in [2.45, 2.75) is 74.9 Å². The number of aromatic nitrogens is 2. The zero-order valence-corrected chi connectivity index (χ0v) is 16.9. The number of nitrogens with one attached hydrogen (secondary N) is 2. The van der Waals surface area contributed by atoms with Crippen molar-refractivity contribution >= 4 is 16.9 Å². The molecule has 1 aromatic rings. The molecular formula is C18H26FN3O6S. The number of hydrogen-bond donors (Lipinski definition) is 3. The lowest BCUT2D eigenvalue weighted by Crippen LogP contribution is -2.38. The number of halogens is 1. The normalized spacial score (nSPS) is 29.1. The van der Waals surface area contributed by atoms with Crippen LogP contribution in [0.25, 0.3) is 0 Å². The quantitative estimate of drug-likeness (QED) is 0.538. The largest absolute Gasteiger partial charge is 0.387 e. The van der Waals surface area contributed by atoms with Gasteiger partial charge in [0.15, 0.2) is 12.4 Å². The smallest absolute Gasteiger partial charge is 0.330 e. The van der Waals surface area contributed by atoms with Gasteiger partial charge in [0.2, 0.25) is 5.12 Å². The van der Waals surface area contributed by atoms with Gasteiger partial charge in [0.1, 0.15) is 12.2 Å². The maximum absolute atomic E-state index is 14.4. The lowest BCUT2D eigenvalue weighted by atomic mass is 10.0. The number of carbonyl (C=O) groups is 1. The van der Waals surface area contributed by atoms with Crippen LogP contribution in [-0.4, -0.2) is 56.1 Å². The average molecular weight is 431 g/mol. The summed E-state index contributed by atoms with van der Waals surface area (Å²) in [4.78, 5) is 42.5. The standard InChI is InChI=1S/C18H26FN3O6S/c1-10(17(25)29-11-5-3-2-4-6-11)21-27-9-12-15(24)14(19)16(28-12)22-8-7-13(23)20-18(22)26/h7-8,10-12,14-16,21,24H,2-6,9H2,1H3,(H,20,23,26)/t10-,12+,14+,15+,16+/m0/s1. The SMILES string of the molecule is C[C@H](NOC[C@H]1O[C@@H](n2ccc(=O)[nH]c2=O)[C@H](F)[C@@H]1O)C(=O)SC1CCCCC1. The monoisotopic (exact) mass is 431 g/mol. The summed E-state index contributed by atoms with van der Waals surface area (Å²) in [6, 6.07) is 0.492. The molecule has 0 amide bonds. The van der Waals surface area contributed by atoms with Crippen molar-refractivity contribution in [3.05, 3.63) is 33.1 Å². The van der Waals surface area contributed by atoms with E-state index in [0.717, 1.165) is 42.5 Å². The number of aromatic amines is 1. The Bertz CT molecular complexity index is 811. The molecule has 1 aromatic heterocycles. The third-order valence-corrected chi connectivity index (χ3v) is 6.51. The molecule has 0 bridgehead atoms. The predicted octanol–water partition coefficient (Wildman–Crippen LogP) is 0.635. The maximum Gasteiger partial charge on any atom is 0.330 e. The van der Waals surface area contributed by atoms with E-state index in [9.17, 15) is 23.9 Å². The zero-order valence-electron chi connectivity index (χ0n) is 16.1. The summed E-state index contributed by atoms with van der Waals surface area (Å²) in [7, 11) is 0. The first kappa shape index (κ1) is 22.2. The summed E-state index contributed by atoms with van der Waals surface area (Å²) < 4.78 is 20.7. The molecule has 5 atom stereocenters. The summed E-state index contributed by atoms with van der Waals surface area (Å²) in [6.45, 7) is 1.45. The van der Waals surface area contributed by atoms with Crippen LogP contribution in [0.1, 0.15) is 45.3 Å². The number of hydroxylamine groups is 1. The molecule has 162 valence electrons. The number of alkyl halides is 1. The van der Waals surface area contributed by atoms with Crippen molar-refractivity contribution < 1.29 is 23.9 Å². The number of aliphatic hydroxyl groups excluding tert-OH is 1. The molecule has 2 heterocycles. The van der Waals surface area contributed by atoms with Gasteiger partial charge in [-0.3, -0.25) is 24.0 Å². The van der Waals surface area contributed by atoms with E-state index in [2.05, 4.69) is 5.48 Å². The van der Waals surface area contributed by atoms with E-state index in [4.69, 9.17) is 9.57 Å². The first-order valence-corrected chi connectivity index (χ1v) is 10.6. The van der Waals surface area contributed by atoms with Gasteiger partial charge in [-0.05, 0) is 19.8 Å². The van der Waals surface area contributed by atoms with Gasteiger partial charge in [-0.2, -0.15) is 5.48 Å². The van der Waals surface area contributed by atoms with Crippen LogP contribution in [-0.2, 0) is 14.4 Å². The van der Waals surface area contributed by atoms with Crippen molar-refractivity contribution in [1.82, 2.24) is 15.0 Å². The fourth-order valence-corrected chi connectivity index (χ4v) is 4.60. The molecule has 2 aliphatic rings. The molecule has 1 saturated carbocycles. The Balaban J connectivity index is 1.48. The van der Waals surface area contributed by atoms with Crippen LogP contribution in [0.2, 0.25) is 0 Å². The van der Waals surface area contributed by atoms with Gasteiger partial charge in [0.05, 0.1) is 12.6 Å². The van der Waals surface area contributed by atoms with E-state index in [0.29, 0.717) is 5.25 Å². The number of aliphatic hydroxyl groups is 1. The second kappa shape index (κ2) is 9.98. The van der Waals surface area contributed by atoms with Crippen LogP contribution in [0.3, 0.4) is 0 Å². The van der Waals surface area contributed by atoms with E-state index in [-0.39, 0.29) is 11.7 Å². The van der Waals surface area contributed by atoms with Crippen molar-refractivity contribution in [3.8, 4) is 0 Å². The van der Waals surface area contributed by atoms with E-state index >= 15 is 0 Å². The Morgan fingerprint density at radius 1 is 1.45 bits per heavy atom. The molecule has 11 heteroatoms. The number of nitrogens with zero attached hydrogens (tertiary/aromatic N) is 1. The van der Waals surface area contributed by atoms with Gasteiger partial charge in [-0.1, -0.05) is 31.0 Å². The van der Waals surface area contributed by atoms with Crippen molar-refractivity contribution in [2.75, 3.05) is 6.61 Å². The first-order chi connectivity index (χ1) is 13.9. The number of carbonyl (C=O) groups excluding carboxylic acids is 1. The molecule has 1 aliphatic heterocycles. The highest BCUT2D eigenvalue weighted by Gasteiger charge is 2.45. The highest BCUT2D eigenvalue weighted by atomic mass is 32.2. The van der Waals surface area contributed by atoms with Gasteiger partial charge >= 0.3 is 5.69 Å². The van der Waals surface area contributed by atoms with E-state index in [1.54, 1.807) is 6.92 Å². The van der Waals surface area contributed by atoms with E-state index < -0.39 is 41.9 Å². The third-order valence-electron chi connectivity index (χ3n) is 5.12. The summed E-state index contributed by atoms with van der Waals surface area (Å²) >= 11 is 1.32. The fraction of sp³-hybridized carbons (Fsp3) is 0.722. The van der Waals surface area contributed by atoms with Gasteiger partial charge in [0, 0.05) is 17.5 Å². The van der Waals surface area contributed by atoms with E-state index in [1.807, 2.05) is 4.98 Å². The van der Waals surface area contributed by atoms with Crippen LogP contribution >= 0.6 is 11.8 Å². The topological polar surface area (TPSA) is 123 Å². The van der Waals surface area contributed by atoms with Crippen LogP contribution in [0.5, 0.6) is 0 Å². The molecule has 9 nitrogen and oxygen atoms in total. The summed E-state index contributed by atoms with van der Waals surface area (Å²) in [5.41, 5.74) is 1.15. The fourth-order valence-electron chi connectivity index (χ4n) is 3.45. The number of H-pyrrole nitrogens is 1. The zero-order chi connectivity index (χ0) is 21.0. The Labute approximate surface area is 170 Å². The van der Waals surface area contributed by atoms with E-state index in [1.165, 1.54) is 18.2 Å². The van der Waals surface area contributed by atoms with Gasteiger partial charge < -0.3 is 9.84 Å². The molecule has 3 N–H and O–H groups in total. The summed E-state index contributed by atoms with van der Waals surface area (Å²) in [6.07, 6.45) is 0.845. The average Bonchev–Trinajstić information content (AvgIpc) is 2.97. The molecule has 0 radical (unpaired) electrons. The van der Waals surface area contributed by atoms with Crippen molar-refractivity contribution in [1.29, 1.82) is 0 Å². The Morgan fingerprint density at radius 2 is 2.17 bits per heavy atom. The minimum Gasteiger partial charge on any atom is -0.387 e. The lowest BCUT2D eigenvalue weighted by molar-refractivity contribution is -0.121. The molecule has 29 heavy (non-hydrogen) atoms. The van der Waals surface area contributed by atoms with Crippen LogP contribution < -0.4 is 16.7 Å². The molecule has 0 aromatic carbocycles. The van der Waals surface area contributed by atoms with Crippen LogP contribution in [0.15, 0.2) is 21.9 Å². The maximum atomic E-state index is 14.4. The van der Waals surface area contributed by atoms with Crippen LogP contribution in [0, 0.1) is 0 Å². The number of rotatable bonds is 7. The van der Waals surface area contributed by atoms with Crippen LogP contribution in [0.4, 0.5) is 4.39 Å². The van der Waals surface area contributed by atoms with Crippen molar-refractivity contribution in [3.63, 3.8) is 0 Å². The molecule has 0 unspecified atom stereocenters. The second-order valence-corrected chi connectivity index (χ2v) is 8.67. The molecular weight excluding hydrogens is 405 g/mol. The van der Waals surface area contributed by atoms with Crippen molar-refractivity contribution in [2.24, 2.45) is 0 Å². The first-order valence-electron chi connectivity index (χ1n) is 9.73. The molecule has 2 fully saturated rings. The summed E-state index contributed by atoms with van der Waals surface area (Å²) in [5.74, 6) is 0. The predicted molar refractivity (Wildman–Crippen MR) is 104 cm³/mol. The molecule has 1 aliphatic carbocycles. The Hall–Kier alpha value is -1.53. The third kappa shape index (κ3) is 5.54. The van der Waals surface area contributed by atoms with Gasteiger partial charge in [-0.25, -0.2) is 9.18 Å². The number of hydrogen-bond acceptors (Lipinski definition) is 8.